The molecular weight excluding hydrogens is 867 g/mol. The summed E-state index contributed by atoms with van der Waals surface area (Å²) in [5, 5.41) is 58.4. The molecule has 0 aromatic carbocycles. The van der Waals surface area contributed by atoms with Crippen LogP contribution in [0.2, 0.25) is 0 Å². The summed E-state index contributed by atoms with van der Waals surface area (Å²) >= 11 is 0. The first-order valence-corrected chi connectivity index (χ1v) is 25.2. The number of nitrogens with one attached hydrogen (secondary N) is 3. The van der Waals surface area contributed by atoms with Gasteiger partial charge in [0.25, 0.3) is 5.79 Å². The zero-order valence-electron chi connectivity index (χ0n) is 40.8. The SMILES string of the molecule is CCCCCCCCCCCCC#CC#CCCCCCCCCC(=O)NCCOCCOCCOCCC(=O)NCCCCCO[C@]1(C(=O)O)C[C@H](O)[C@@H](NC(C)=O)[C@H]([C@H](O)[C@H](O)CO)O1. The Bertz CT molecular complexity index is 1430. The molecule has 8 N–H and O–H groups in total. The van der Waals surface area contributed by atoms with Crippen LogP contribution in [0.15, 0.2) is 0 Å². The number of unbranched alkanes of at least 4 members (excludes halogenated alkanes) is 18. The molecule has 1 aliphatic heterocycles. The Kier molecular flexibility index (Phi) is 38.3. The van der Waals surface area contributed by atoms with Gasteiger partial charge < -0.3 is 65.2 Å². The number of carbonyl (C=O) groups excluding carboxylic acids is 3. The van der Waals surface area contributed by atoms with Crippen LogP contribution in [0.1, 0.15) is 168 Å². The average molecular weight is 954 g/mol. The highest BCUT2D eigenvalue weighted by Crippen LogP contribution is 2.34. The van der Waals surface area contributed by atoms with Crippen LogP contribution in [0, 0.1) is 23.7 Å². The average Bonchev–Trinajstić information content (AvgIpc) is 3.30. The predicted octanol–water partition coefficient (Wildman–Crippen LogP) is 4.43. The maximum Gasteiger partial charge on any atom is 0.364 e. The second kappa shape index (κ2) is 41.6. The first kappa shape index (κ1) is 61.7. The molecule has 1 heterocycles. The van der Waals surface area contributed by atoms with Crippen LogP contribution in [0.4, 0.5) is 0 Å². The summed E-state index contributed by atoms with van der Waals surface area (Å²) in [5.74, 6) is 7.70. The van der Waals surface area contributed by atoms with Crippen molar-refractivity contribution in [2.75, 3.05) is 65.9 Å². The van der Waals surface area contributed by atoms with Gasteiger partial charge in [-0.15, -0.1) is 0 Å². The highest BCUT2D eigenvalue weighted by atomic mass is 16.7. The normalized spacial score (nSPS) is 18.7. The summed E-state index contributed by atoms with van der Waals surface area (Å²) in [6.45, 7) is 5.35. The van der Waals surface area contributed by atoms with Crippen molar-refractivity contribution >= 4 is 23.7 Å². The topological polar surface area (TPSA) is 252 Å². The van der Waals surface area contributed by atoms with Crippen LogP contribution in [-0.2, 0) is 42.9 Å². The molecule has 1 aliphatic rings. The minimum atomic E-state index is -2.37. The molecule has 1 fully saturated rings. The summed E-state index contributed by atoms with van der Waals surface area (Å²) in [4.78, 5) is 48.1. The fraction of sp³-hybridized carbons (Fsp3) is 0.840. The van der Waals surface area contributed by atoms with Gasteiger partial charge in [0.2, 0.25) is 17.7 Å². The fourth-order valence-corrected chi connectivity index (χ4v) is 7.41. The van der Waals surface area contributed by atoms with Crippen LogP contribution in [-0.4, -0.2) is 151 Å². The minimum Gasteiger partial charge on any atom is -0.477 e. The molecule has 17 nitrogen and oxygen atoms in total. The van der Waals surface area contributed by atoms with Gasteiger partial charge in [-0.25, -0.2) is 4.79 Å². The molecule has 0 aliphatic carbocycles. The maximum atomic E-state index is 12.2. The van der Waals surface area contributed by atoms with Gasteiger partial charge in [0, 0.05) is 52.1 Å². The van der Waals surface area contributed by atoms with Crippen molar-refractivity contribution in [3.63, 3.8) is 0 Å². The maximum absolute atomic E-state index is 12.2. The van der Waals surface area contributed by atoms with Gasteiger partial charge >= 0.3 is 5.97 Å². The lowest BCUT2D eigenvalue weighted by atomic mass is 9.88. The number of carboxylic acid groups (broad SMARTS) is 1. The smallest absolute Gasteiger partial charge is 0.364 e. The number of ether oxygens (including phenoxy) is 5. The Labute approximate surface area is 400 Å². The van der Waals surface area contributed by atoms with E-state index in [1.165, 1.54) is 64.2 Å². The number of hydrogen-bond acceptors (Lipinski definition) is 13. The molecule has 0 radical (unpaired) electrons. The van der Waals surface area contributed by atoms with Crippen molar-refractivity contribution in [3.05, 3.63) is 0 Å². The molecule has 0 aromatic heterocycles. The lowest BCUT2D eigenvalue weighted by molar-refractivity contribution is -0.311. The van der Waals surface area contributed by atoms with E-state index in [1.807, 2.05) is 0 Å². The highest BCUT2D eigenvalue weighted by Gasteiger charge is 2.55. The number of aliphatic hydroxyl groups is 4. The summed E-state index contributed by atoms with van der Waals surface area (Å²) in [6, 6.07) is -1.27. The Balaban J connectivity index is 1.94. The molecule has 17 heteroatoms. The molecule has 0 aromatic rings. The van der Waals surface area contributed by atoms with E-state index in [1.54, 1.807) is 0 Å². The first-order valence-electron chi connectivity index (χ1n) is 25.2. The number of hydrogen-bond donors (Lipinski definition) is 8. The quantitative estimate of drug-likeness (QED) is 0.0312. The Hall–Kier alpha value is -3.36. The third kappa shape index (κ3) is 32.2. The zero-order chi connectivity index (χ0) is 49.2. The summed E-state index contributed by atoms with van der Waals surface area (Å²) in [5.41, 5.74) is 0. The van der Waals surface area contributed by atoms with Gasteiger partial charge in [-0.05, 0) is 50.4 Å². The van der Waals surface area contributed by atoms with E-state index in [0.29, 0.717) is 71.8 Å². The van der Waals surface area contributed by atoms with Gasteiger partial charge in [0.1, 0.15) is 18.3 Å². The fourth-order valence-electron chi connectivity index (χ4n) is 7.41. The lowest BCUT2D eigenvalue weighted by Gasteiger charge is -2.46. The Morgan fingerprint density at radius 1 is 0.657 bits per heavy atom. The van der Waals surface area contributed by atoms with Crippen LogP contribution in [0.25, 0.3) is 0 Å². The number of amides is 3. The van der Waals surface area contributed by atoms with Crippen LogP contribution < -0.4 is 16.0 Å². The van der Waals surface area contributed by atoms with Crippen molar-refractivity contribution in [2.24, 2.45) is 0 Å². The monoisotopic (exact) mass is 954 g/mol. The third-order valence-corrected chi connectivity index (χ3v) is 11.3. The van der Waals surface area contributed by atoms with Crippen LogP contribution >= 0.6 is 0 Å². The van der Waals surface area contributed by atoms with E-state index < -0.39 is 61.1 Å². The first-order chi connectivity index (χ1) is 32.5. The molecular formula is C50H87N3O14. The van der Waals surface area contributed by atoms with Crippen molar-refractivity contribution in [3.8, 4) is 23.7 Å². The molecule has 6 atom stereocenters. The summed E-state index contributed by atoms with van der Waals surface area (Å²) < 4.78 is 27.6. The number of aliphatic hydroxyl groups excluding tert-OH is 4. The van der Waals surface area contributed by atoms with Gasteiger partial charge in [0.05, 0.1) is 65.0 Å². The lowest BCUT2D eigenvalue weighted by Crippen LogP contribution is -2.67. The van der Waals surface area contributed by atoms with E-state index in [9.17, 15) is 44.7 Å². The largest absolute Gasteiger partial charge is 0.477 e. The summed E-state index contributed by atoms with van der Waals surface area (Å²) in [6.07, 6.45) is 16.7. The van der Waals surface area contributed by atoms with Crippen molar-refractivity contribution in [1.82, 2.24) is 16.0 Å². The predicted molar refractivity (Wildman–Crippen MR) is 254 cm³/mol. The molecule has 0 spiro atoms. The van der Waals surface area contributed by atoms with Gasteiger partial charge in [-0.3, -0.25) is 14.4 Å². The van der Waals surface area contributed by atoms with Crippen LogP contribution in [0.3, 0.4) is 0 Å². The number of aliphatic carboxylic acids is 1. The van der Waals surface area contributed by atoms with E-state index in [-0.39, 0.29) is 31.4 Å². The standard InChI is InChI=1S/C50H87N3O14/c1-3-4-5-6-7-8-9-10-11-12-13-14-15-16-17-18-19-20-21-22-23-25-28-44(58)52-31-34-64-36-38-65-37-35-63-33-29-45(59)51-30-26-24-27-32-66-50(49(61)62)39-42(56)46(53-41(2)55)48(67-50)47(60)43(57)40-54/h42-43,46-48,54,56-57,60H,3-13,18-40H2,1-2H3,(H,51,59)(H,52,58)(H,53,55)(H,61,62)/t42-,43+,46+,47+,48+,50+/m0/s1. The van der Waals surface area contributed by atoms with E-state index in [2.05, 4.69) is 46.6 Å². The molecule has 386 valence electrons. The number of carboxylic acids is 1. The Morgan fingerprint density at radius 2 is 1.16 bits per heavy atom. The Morgan fingerprint density at radius 3 is 1.73 bits per heavy atom. The van der Waals surface area contributed by atoms with Gasteiger partial charge in [0.15, 0.2) is 0 Å². The van der Waals surface area contributed by atoms with E-state index in [4.69, 9.17) is 23.7 Å². The highest BCUT2D eigenvalue weighted by molar-refractivity contribution is 5.77. The molecule has 0 unspecified atom stereocenters. The second-order valence-corrected chi connectivity index (χ2v) is 17.2. The van der Waals surface area contributed by atoms with E-state index in [0.717, 1.165) is 58.3 Å². The molecule has 67 heavy (non-hydrogen) atoms. The van der Waals surface area contributed by atoms with E-state index >= 15 is 0 Å². The van der Waals surface area contributed by atoms with Gasteiger partial charge in [-0.1, -0.05) is 102 Å². The summed E-state index contributed by atoms with van der Waals surface area (Å²) in [7, 11) is 0. The zero-order valence-corrected chi connectivity index (χ0v) is 40.8. The number of carbonyl (C=O) groups is 4. The minimum absolute atomic E-state index is 0.0414. The van der Waals surface area contributed by atoms with Gasteiger partial charge in [-0.2, -0.15) is 0 Å². The molecule has 0 saturated carbocycles. The molecule has 1 rings (SSSR count). The second-order valence-electron chi connectivity index (χ2n) is 17.2. The molecule has 0 bridgehead atoms. The van der Waals surface area contributed by atoms with Crippen LogP contribution in [0.5, 0.6) is 0 Å². The molecule has 1 saturated heterocycles. The van der Waals surface area contributed by atoms with Crippen molar-refractivity contribution in [2.45, 2.75) is 204 Å². The van der Waals surface area contributed by atoms with Crippen molar-refractivity contribution < 1.29 is 68.4 Å². The number of rotatable bonds is 42. The van der Waals surface area contributed by atoms with Crippen molar-refractivity contribution in [1.29, 1.82) is 0 Å². The third-order valence-electron chi connectivity index (χ3n) is 11.3. The molecule has 3 amide bonds.